The number of likely N-dealkylation sites (N-methyl/N-ethyl adjacent to an activating group) is 1. The molecule has 0 saturated heterocycles. The fraction of sp³-hybridized carbons (Fsp3) is 0.615. The monoisotopic (exact) mass is 282 g/mol. The number of imidazole rings is 1. The van der Waals surface area contributed by atoms with E-state index in [-0.39, 0.29) is 0 Å². The summed E-state index contributed by atoms with van der Waals surface area (Å²) in [5, 5.41) is 5.30. The minimum atomic E-state index is 0.745. The van der Waals surface area contributed by atoms with E-state index in [1.54, 1.807) is 11.3 Å². The lowest BCUT2D eigenvalue weighted by molar-refractivity contribution is 0.154. The lowest BCUT2D eigenvalue weighted by atomic mass is 10.3. The Labute approximate surface area is 118 Å². The molecule has 0 aliphatic heterocycles. The molecule has 19 heavy (non-hydrogen) atoms. The summed E-state index contributed by atoms with van der Waals surface area (Å²) in [6, 6.07) is 0. The molecule has 0 spiro atoms. The lowest BCUT2D eigenvalue weighted by Crippen LogP contribution is -2.29. The van der Waals surface area contributed by atoms with Crippen LogP contribution in [-0.4, -0.2) is 42.7 Å². The zero-order valence-corrected chi connectivity index (χ0v) is 12.7. The smallest absolute Gasteiger partial charge is 0.195 e. The summed E-state index contributed by atoms with van der Waals surface area (Å²) in [7, 11) is 1.96. The SMILES string of the molecule is CCOCCN(CC)c1nc2sccn2c1CNC. The highest BCUT2D eigenvalue weighted by Gasteiger charge is 2.17. The lowest BCUT2D eigenvalue weighted by Gasteiger charge is -2.21. The van der Waals surface area contributed by atoms with Crippen molar-refractivity contribution >= 4 is 22.1 Å². The normalized spacial score (nSPS) is 11.3. The summed E-state index contributed by atoms with van der Waals surface area (Å²) in [6.45, 7) is 8.32. The fourth-order valence-electron chi connectivity index (χ4n) is 2.14. The fourth-order valence-corrected chi connectivity index (χ4v) is 2.87. The Hall–Kier alpha value is -1.11. The maximum atomic E-state index is 5.45. The number of rotatable bonds is 8. The molecular weight excluding hydrogens is 260 g/mol. The first-order chi connectivity index (χ1) is 9.31. The van der Waals surface area contributed by atoms with Gasteiger partial charge in [-0.2, -0.15) is 0 Å². The van der Waals surface area contributed by atoms with Crippen LogP contribution in [0.2, 0.25) is 0 Å². The maximum Gasteiger partial charge on any atom is 0.195 e. The largest absolute Gasteiger partial charge is 0.380 e. The molecule has 0 atom stereocenters. The summed E-state index contributed by atoms with van der Waals surface area (Å²) in [5.41, 5.74) is 1.22. The van der Waals surface area contributed by atoms with E-state index in [0.29, 0.717) is 0 Å². The zero-order valence-electron chi connectivity index (χ0n) is 11.8. The van der Waals surface area contributed by atoms with Crippen molar-refractivity contribution in [3.05, 3.63) is 17.3 Å². The number of fused-ring (bicyclic) bond motifs is 1. The van der Waals surface area contributed by atoms with Crippen LogP contribution in [0.3, 0.4) is 0 Å². The van der Waals surface area contributed by atoms with E-state index in [0.717, 1.165) is 43.6 Å². The van der Waals surface area contributed by atoms with Gasteiger partial charge in [0, 0.05) is 37.8 Å². The third-order valence-electron chi connectivity index (χ3n) is 3.08. The number of hydrogen-bond acceptors (Lipinski definition) is 5. The van der Waals surface area contributed by atoms with Gasteiger partial charge in [0.05, 0.1) is 12.3 Å². The summed E-state index contributed by atoms with van der Waals surface area (Å²) in [4.78, 5) is 8.08. The number of thiazole rings is 1. The maximum absolute atomic E-state index is 5.45. The molecule has 2 aromatic heterocycles. The highest BCUT2D eigenvalue weighted by Crippen LogP contribution is 2.24. The number of hydrogen-bond donors (Lipinski definition) is 1. The van der Waals surface area contributed by atoms with Gasteiger partial charge in [0.2, 0.25) is 0 Å². The van der Waals surface area contributed by atoms with Crippen LogP contribution < -0.4 is 10.2 Å². The average Bonchev–Trinajstić information content (AvgIpc) is 2.98. The molecule has 0 aromatic carbocycles. The van der Waals surface area contributed by atoms with Crippen molar-refractivity contribution in [2.24, 2.45) is 0 Å². The molecule has 0 bridgehead atoms. The van der Waals surface area contributed by atoms with Gasteiger partial charge in [-0.1, -0.05) is 0 Å². The molecule has 0 aliphatic carbocycles. The molecule has 2 rings (SSSR count). The first-order valence-corrected chi connectivity index (χ1v) is 7.61. The van der Waals surface area contributed by atoms with E-state index in [2.05, 4.69) is 33.1 Å². The molecule has 0 amide bonds. The molecule has 0 fully saturated rings. The van der Waals surface area contributed by atoms with Crippen molar-refractivity contribution in [2.75, 3.05) is 38.3 Å². The van der Waals surface area contributed by atoms with E-state index in [9.17, 15) is 0 Å². The van der Waals surface area contributed by atoms with Gasteiger partial charge < -0.3 is 15.0 Å². The van der Waals surface area contributed by atoms with Gasteiger partial charge in [-0.05, 0) is 20.9 Å². The van der Waals surface area contributed by atoms with Gasteiger partial charge in [0.15, 0.2) is 10.8 Å². The molecule has 2 aromatic rings. The Morgan fingerprint density at radius 2 is 2.32 bits per heavy atom. The topological polar surface area (TPSA) is 41.8 Å². The Balaban J connectivity index is 2.24. The summed E-state index contributed by atoms with van der Waals surface area (Å²) in [5.74, 6) is 1.07. The van der Waals surface area contributed by atoms with Crippen LogP contribution in [0.1, 0.15) is 19.5 Å². The Bertz CT molecular complexity index is 508. The van der Waals surface area contributed by atoms with Crippen molar-refractivity contribution in [2.45, 2.75) is 20.4 Å². The quantitative estimate of drug-likeness (QED) is 0.752. The van der Waals surface area contributed by atoms with E-state index in [4.69, 9.17) is 9.72 Å². The Kier molecular flexibility index (Phi) is 5.18. The van der Waals surface area contributed by atoms with Gasteiger partial charge in [-0.25, -0.2) is 4.98 Å². The standard InChI is InChI=1S/C13H22N4OS/c1-4-16(6-8-18-5-2)12-11(10-14-3)17-7-9-19-13(17)15-12/h7,9,14H,4-6,8,10H2,1-3H3. The van der Waals surface area contributed by atoms with E-state index in [1.165, 1.54) is 5.69 Å². The first kappa shape index (κ1) is 14.3. The molecule has 0 radical (unpaired) electrons. The van der Waals surface area contributed by atoms with Gasteiger partial charge in [0.25, 0.3) is 0 Å². The molecule has 6 heteroatoms. The van der Waals surface area contributed by atoms with Crippen molar-refractivity contribution in [1.29, 1.82) is 0 Å². The van der Waals surface area contributed by atoms with E-state index >= 15 is 0 Å². The summed E-state index contributed by atoms with van der Waals surface area (Å²) in [6.07, 6.45) is 2.08. The molecule has 106 valence electrons. The minimum absolute atomic E-state index is 0.745. The van der Waals surface area contributed by atoms with Gasteiger partial charge in [-0.15, -0.1) is 11.3 Å². The van der Waals surface area contributed by atoms with Crippen molar-refractivity contribution in [1.82, 2.24) is 14.7 Å². The molecule has 0 unspecified atom stereocenters. The first-order valence-electron chi connectivity index (χ1n) is 6.73. The summed E-state index contributed by atoms with van der Waals surface area (Å²) < 4.78 is 7.62. The van der Waals surface area contributed by atoms with Crippen LogP contribution in [0.15, 0.2) is 11.6 Å². The highest BCUT2D eigenvalue weighted by atomic mass is 32.1. The second-order valence-corrected chi connectivity index (χ2v) is 5.12. The minimum Gasteiger partial charge on any atom is -0.380 e. The second-order valence-electron chi connectivity index (χ2n) is 4.24. The van der Waals surface area contributed by atoms with Crippen LogP contribution >= 0.6 is 11.3 Å². The summed E-state index contributed by atoms with van der Waals surface area (Å²) >= 11 is 1.67. The molecule has 0 saturated carbocycles. The Morgan fingerprint density at radius 1 is 1.47 bits per heavy atom. The van der Waals surface area contributed by atoms with Gasteiger partial charge in [-0.3, -0.25) is 4.40 Å². The molecule has 2 heterocycles. The Morgan fingerprint density at radius 3 is 3.00 bits per heavy atom. The number of aromatic nitrogens is 2. The highest BCUT2D eigenvalue weighted by molar-refractivity contribution is 7.15. The molecule has 5 nitrogen and oxygen atoms in total. The van der Waals surface area contributed by atoms with Gasteiger partial charge >= 0.3 is 0 Å². The molecule has 1 N–H and O–H groups in total. The van der Waals surface area contributed by atoms with Crippen molar-refractivity contribution in [3.8, 4) is 0 Å². The third kappa shape index (κ3) is 3.08. The number of nitrogens with one attached hydrogen (secondary N) is 1. The number of nitrogens with zero attached hydrogens (tertiary/aromatic N) is 3. The van der Waals surface area contributed by atoms with E-state index in [1.807, 2.05) is 14.0 Å². The van der Waals surface area contributed by atoms with E-state index < -0.39 is 0 Å². The number of anilines is 1. The number of ether oxygens (including phenoxy) is 1. The van der Waals surface area contributed by atoms with Crippen LogP contribution in [0.5, 0.6) is 0 Å². The van der Waals surface area contributed by atoms with Crippen LogP contribution in [0.4, 0.5) is 5.82 Å². The molecular formula is C13H22N4OS. The van der Waals surface area contributed by atoms with Crippen LogP contribution in [0, 0.1) is 0 Å². The van der Waals surface area contributed by atoms with Crippen molar-refractivity contribution < 1.29 is 4.74 Å². The predicted molar refractivity (Wildman–Crippen MR) is 80.2 cm³/mol. The average molecular weight is 282 g/mol. The van der Waals surface area contributed by atoms with Crippen LogP contribution in [-0.2, 0) is 11.3 Å². The van der Waals surface area contributed by atoms with Crippen LogP contribution in [0.25, 0.3) is 4.96 Å². The second kappa shape index (κ2) is 6.88. The van der Waals surface area contributed by atoms with Gasteiger partial charge in [0.1, 0.15) is 0 Å². The zero-order chi connectivity index (χ0) is 13.7. The predicted octanol–water partition coefficient (Wildman–Crippen LogP) is 1.98. The molecule has 0 aliphatic rings. The van der Waals surface area contributed by atoms with Crippen molar-refractivity contribution in [3.63, 3.8) is 0 Å². The third-order valence-corrected chi connectivity index (χ3v) is 3.83.